The van der Waals surface area contributed by atoms with Crippen LogP contribution >= 0.6 is 0 Å². The molecule has 0 saturated carbocycles. The second-order valence-electron chi connectivity index (χ2n) is 6.32. The number of halogens is 3. The van der Waals surface area contributed by atoms with Crippen molar-refractivity contribution >= 4 is 5.97 Å². The molecule has 0 fully saturated rings. The predicted molar refractivity (Wildman–Crippen MR) is 101 cm³/mol. The van der Waals surface area contributed by atoms with Crippen molar-refractivity contribution in [3.05, 3.63) is 65.0 Å². The minimum atomic E-state index is -4.40. The minimum absolute atomic E-state index is 0.0927. The normalized spacial score (nSPS) is 11.1. The number of benzene rings is 2. The average Bonchev–Trinajstić information content (AvgIpc) is 3.08. The third kappa shape index (κ3) is 4.78. The Morgan fingerprint density at radius 3 is 2.43 bits per heavy atom. The average molecular weight is 415 g/mol. The van der Waals surface area contributed by atoms with E-state index in [2.05, 4.69) is 10.2 Å². The Hall–Kier alpha value is -3.80. The first kappa shape index (κ1) is 20.9. The molecule has 154 valence electrons. The standard InChI is InChI=1S/C21H16F3N3O3/c1-4-20(28)30-19-10-9-17(11-13(19)2)29-12-18-14(3)25-27(26-18)16-7-5-15(6-8-16)21(22,23)24/h1,5-11H,12H2,2-3H3. The Labute approximate surface area is 170 Å². The number of ether oxygens (including phenoxy) is 2. The van der Waals surface area contributed by atoms with E-state index < -0.39 is 17.7 Å². The zero-order chi connectivity index (χ0) is 21.9. The highest BCUT2D eigenvalue weighted by atomic mass is 19.4. The first-order chi connectivity index (χ1) is 14.2. The molecule has 1 heterocycles. The molecule has 0 unspecified atom stereocenters. The molecule has 0 N–H and O–H groups in total. The minimum Gasteiger partial charge on any atom is -0.487 e. The molecule has 0 aliphatic rings. The summed E-state index contributed by atoms with van der Waals surface area (Å²) < 4.78 is 48.8. The SMILES string of the molecule is C#CC(=O)Oc1ccc(OCc2nn(-c3ccc(C(F)(F)F)cc3)nc2C)cc1C. The Morgan fingerprint density at radius 2 is 1.83 bits per heavy atom. The van der Waals surface area contributed by atoms with Crippen LogP contribution in [0.15, 0.2) is 42.5 Å². The molecule has 0 spiro atoms. The first-order valence-corrected chi connectivity index (χ1v) is 8.69. The molecule has 0 atom stereocenters. The number of carbonyl (C=O) groups excluding carboxylic acids is 1. The molecule has 0 aliphatic carbocycles. The largest absolute Gasteiger partial charge is 0.487 e. The van der Waals surface area contributed by atoms with Gasteiger partial charge in [0.25, 0.3) is 0 Å². The summed E-state index contributed by atoms with van der Waals surface area (Å²) in [5.41, 5.74) is 1.40. The molecular formula is C21H16F3N3O3. The maximum absolute atomic E-state index is 12.7. The quantitative estimate of drug-likeness (QED) is 0.273. The number of hydrogen-bond acceptors (Lipinski definition) is 5. The fourth-order valence-corrected chi connectivity index (χ4v) is 2.55. The van der Waals surface area contributed by atoms with Crippen molar-refractivity contribution in [2.45, 2.75) is 26.6 Å². The highest BCUT2D eigenvalue weighted by Gasteiger charge is 2.30. The van der Waals surface area contributed by atoms with Crippen LogP contribution < -0.4 is 9.47 Å². The van der Waals surface area contributed by atoms with Gasteiger partial charge in [0.1, 0.15) is 23.8 Å². The number of rotatable bonds is 5. The summed E-state index contributed by atoms with van der Waals surface area (Å²) >= 11 is 0. The number of alkyl halides is 3. The van der Waals surface area contributed by atoms with Crippen molar-refractivity contribution in [2.75, 3.05) is 0 Å². The number of esters is 1. The Balaban J connectivity index is 1.70. The van der Waals surface area contributed by atoms with Gasteiger partial charge in [-0.25, -0.2) is 4.79 Å². The maximum atomic E-state index is 12.7. The van der Waals surface area contributed by atoms with Crippen molar-refractivity contribution < 1.29 is 27.4 Å². The molecular weight excluding hydrogens is 399 g/mol. The van der Waals surface area contributed by atoms with E-state index in [-0.39, 0.29) is 6.61 Å². The first-order valence-electron chi connectivity index (χ1n) is 8.69. The molecule has 3 rings (SSSR count). The second kappa shape index (κ2) is 8.29. The van der Waals surface area contributed by atoms with E-state index in [0.717, 1.165) is 12.1 Å². The van der Waals surface area contributed by atoms with Gasteiger partial charge in [0.2, 0.25) is 0 Å². The highest BCUT2D eigenvalue weighted by molar-refractivity contribution is 5.89. The Bertz CT molecular complexity index is 1110. The van der Waals surface area contributed by atoms with Crippen molar-refractivity contribution in [1.29, 1.82) is 0 Å². The molecule has 30 heavy (non-hydrogen) atoms. The van der Waals surface area contributed by atoms with Gasteiger partial charge in [-0.2, -0.15) is 23.1 Å². The number of aromatic nitrogens is 3. The summed E-state index contributed by atoms with van der Waals surface area (Å²) in [5.74, 6) is 1.92. The molecule has 2 aromatic carbocycles. The number of carbonyl (C=O) groups is 1. The van der Waals surface area contributed by atoms with Gasteiger partial charge < -0.3 is 9.47 Å². The van der Waals surface area contributed by atoms with Crippen LogP contribution in [-0.2, 0) is 17.6 Å². The monoisotopic (exact) mass is 415 g/mol. The zero-order valence-corrected chi connectivity index (χ0v) is 16.0. The van der Waals surface area contributed by atoms with Gasteiger partial charge in [-0.1, -0.05) is 0 Å². The molecule has 0 radical (unpaired) electrons. The zero-order valence-electron chi connectivity index (χ0n) is 16.0. The molecule has 6 nitrogen and oxygen atoms in total. The lowest BCUT2D eigenvalue weighted by atomic mass is 10.2. The van der Waals surface area contributed by atoms with E-state index in [0.29, 0.717) is 34.1 Å². The number of hydrogen-bond donors (Lipinski definition) is 0. The highest BCUT2D eigenvalue weighted by Crippen LogP contribution is 2.29. The second-order valence-corrected chi connectivity index (χ2v) is 6.32. The van der Waals surface area contributed by atoms with Gasteiger partial charge in [0.05, 0.1) is 16.9 Å². The van der Waals surface area contributed by atoms with E-state index in [1.807, 2.05) is 5.92 Å². The molecule has 1 aromatic heterocycles. The van der Waals surface area contributed by atoms with E-state index >= 15 is 0 Å². The van der Waals surface area contributed by atoms with Crippen molar-refractivity contribution in [2.24, 2.45) is 0 Å². The number of terminal acetylenes is 1. The van der Waals surface area contributed by atoms with Crippen LogP contribution in [0.2, 0.25) is 0 Å². The summed E-state index contributed by atoms with van der Waals surface area (Å²) in [7, 11) is 0. The van der Waals surface area contributed by atoms with E-state index in [4.69, 9.17) is 15.9 Å². The lowest BCUT2D eigenvalue weighted by Crippen LogP contribution is -2.06. The summed E-state index contributed by atoms with van der Waals surface area (Å²) in [4.78, 5) is 12.4. The third-order valence-corrected chi connectivity index (χ3v) is 4.15. The van der Waals surface area contributed by atoms with Crippen molar-refractivity contribution in [1.82, 2.24) is 15.0 Å². The van der Waals surface area contributed by atoms with Crippen LogP contribution in [0.25, 0.3) is 5.69 Å². The number of aryl methyl sites for hydroxylation is 2. The fraction of sp³-hybridized carbons (Fsp3) is 0.190. The predicted octanol–water partition coefficient (Wildman–Crippen LogP) is 4.02. The topological polar surface area (TPSA) is 66.2 Å². The van der Waals surface area contributed by atoms with E-state index in [1.165, 1.54) is 16.9 Å². The molecule has 0 bridgehead atoms. The fourth-order valence-electron chi connectivity index (χ4n) is 2.55. The molecule has 0 aliphatic heterocycles. The third-order valence-electron chi connectivity index (χ3n) is 4.15. The van der Waals surface area contributed by atoms with Crippen molar-refractivity contribution in [3.63, 3.8) is 0 Å². The van der Waals surface area contributed by atoms with Crippen LogP contribution in [0, 0.1) is 26.2 Å². The molecule has 0 amide bonds. The van der Waals surface area contributed by atoms with Gasteiger partial charge in [-0.15, -0.1) is 11.5 Å². The van der Waals surface area contributed by atoms with Crippen LogP contribution in [-0.4, -0.2) is 21.0 Å². The van der Waals surface area contributed by atoms with E-state index in [1.54, 1.807) is 32.0 Å². The van der Waals surface area contributed by atoms with Crippen LogP contribution in [0.4, 0.5) is 13.2 Å². The maximum Gasteiger partial charge on any atom is 0.416 e. The Kier molecular flexibility index (Phi) is 5.78. The van der Waals surface area contributed by atoms with Crippen molar-refractivity contribution in [3.8, 4) is 29.5 Å². The molecule has 0 saturated heterocycles. The van der Waals surface area contributed by atoms with Gasteiger partial charge in [-0.05, 0) is 61.9 Å². The molecule has 3 aromatic rings. The lowest BCUT2D eigenvalue weighted by molar-refractivity contribution is -0.137. The smallest absolute Gasteiger partial charge is 0.416 e. The van der Waals surface area contributed by atoms with Gasteiger partial charge in [0.15, 0.2) is 0 Å². The summed E-state index contributed by atoms with van der Waals surface area (Å²) in [6, 6.07) is 9.39. The van der Waals surface area contributed by atoms with Crippen LogP contribution in [0.5, 0.6) is 11.5 Å². The lowest BCUT2D eigenvalue weighted by Gasteiger charge is -2.09. The summed E-state index contributed by atoms with van der Waals surface area (Å²) in [5, 5.41) is 8.51. The van der Waals surface area contributed by atoms with Gasteiger partial charge >= 0.3 is 12.1 Å². The van der Waals surface area contributed by atoms with E-state index in [9.17, 15) is 18.0 Å². The van der Waals surface area contributed by atoms with Crippen LogP contribution in [0.3, 0.4) is 0 Å². The van der Waals surface area contributed by atoms with Crippen LogP contribution in [0.1, 0.15) is 22.5 Å². The summed E-state index contributed by atoms with van der Waals surface area (Å²) in [6.45, 7) is 3.55. The summed E-state index contributed by atoms with van der Waals surface area (Å²) in [6.07, 6.45) is 0.578. The Morgan fingerprint density at radius 1 is 1.13 bits per heavy atom. The van der Waals surface area contributed by atoms with Gasteiger partial charge in [0, 0.05) is 5.92 Å². The van der Waals surface area contributed by atoms with Gasteiger partial charge in [-0.3, -0.25) is 0 Å². The molecule has 9 heteroatoms. The number of nitrogens with zero attached hydrogens (tertiary/aromatic N) is 3.